The molecule has 0 aromatic rings. The standard InChI is InChI=1S/C12H24.2W/c1-3-5-7-9-11-12-10-8-6-4-2;;/h1-12H2;;/q-2;;. The molecule has 0 saturated carbocycles. The fraction of sp³-hybridized carbons (Fsp3) is 0.833. The van der Waals surface area contributed by atoms with Crippen molar-refractivity contribution in [3.05, 3.63) is 13.8 Å². The maximum atomic E-state index is 3.84. The largest absolute Gasteiger partial charge is 0.343 e. The molecule has 0 fully saturated rings. The molecule has 86 valence electrons. The van der Waals surface area contributed by atoms with E-state index < -0.39 is 0 Å². The van der Waals surface area contributed by atoms with E-state index in [1.54, 1.807) is 0 Å². The van der Waals surface area contributed by atoms with Crippen LogP contribution in [0.1, 0.15) is 64.2 Å². The van der Waals surface area contributed by atoms with Crippen molar-refractivity contribution < 1.29 is 42.1 Å². The van der Waals surface area contributed by atoms with Gasteiger partial charge in [0.1, 0.15) is 0 Å². The van der Waals surface area contributed by atoms with Crippen LogP contribution >= 0.6 is 0 Å². The Morgan fingerprint density at radius 1 is 0.429 bits per heavy atom. The SMILES string of the molecule is [CH2-]CCCCCCCCCC[CH2-].[W].[W]. The Kier molecular flexibility index (Phi) is 29.5. The maximum Gasteiger partial charge on any atom is 0 e. The van der Waals surface area contributed by atoms with Gasteiger partial charge >= 0.3 is 0 Å². The first kappa shape index (κ1) is 20.7. The monoisotopic (exact) mass is 536 g/mol. The molecule has 0 radical (unpaired) electrons. The van der Waals surface area contributed by atoms with Crippen molar-refractivity contribution in [2.45, 2.75) is 64.2 Å². The summed E-state index contributed by atoms with van der Waals surface area (Å²) >= 11 is 0. The maximum absolute atomic E-state index is 3.84. The van der Waals surface area contributed by atoms with E-state index in [0.717, 1.165) is 12.8 Å². The zero-order chi connectivity index (χ0) is 9.07. The van der Waals surface area contributed by atoms with Crippen LogP contribution in [0.2, 0.25) is 0 Å². The predicted molar refractivity (Wildman–Crippen MR) is 56.9 cm³/mol. The minimum Gasteiger partial charge on any atom is -0.343 e. The van der Waals surface area contributed by atoms with E-state index in [1.807, 2.05) is 0 Å². The molecule has 0 spiro atoms. The number of rotatable bonds is 9. The van der Waals surface area contributed by atoms with E-state index in [2.05, 4.69) is 13.8 Å². The molecule has 0 saturated heterocycles. The van der Waals surface area contributed by atoms with Gasteiger partial charge in [-0.1, -0.05) is 51.4 Å². The van der Waals surface area contributed by atoms with E-state index in [9.17, 15) is 0 Å². The van der Waals surface area contributed by atoms with E-state index in [-0.39, 0.29) is 42.1 Å². The summed E-state index contributed by atoms with van der Waals surface area (Å²) in [5.41, 5.74) is 0. The fourth-order valence-corrected chi connectivity index (χ4v) is 1.41. The molecule has 0 bridgehead atoms. The second-order valence-electron chi connectivity index (χ2n) is 3.54. The van der Waals surface area contributed by atoms with Gasteiger partial charge in [-0.2, -0.15) is 12.8 Å². The summed E-state index contributed by atoms with van der Waals surface area (Å²) < 4.78 is 0. The summed E-state index contributed by atoms with van der Waals surface area (Å²) in [6, 6.07) is 0. The second-order valence-corrected chi connectivity index (χ2v) is 3.54. The van der Waals surface area contributed by atoms with Crippen molar-refractivity contribution in [3.8, 4) is 0 Å². The molecule has 0 amide bonds. The Balaban J connectivity index is -0.000000605. The summed E-state index contributed by atoms with van der Waals surface area (Å²) in [6.45, 7) is 7.67. The molecule has 2 heteroatoms. The average molecular weight is 536 g/mol. The average Bonchev–Trinajstić information content (AvgIpc) is 2.10. The van der Waals surface area contributed by atoms with Crippen LogP contribution in [0, 0.1) is 13.8 Å². The summed E-state index contributed by atoms with van der Waals surface area (Å²) in [5.74, 6) is 0. The van der Waals surface area contributed by atoms with Gasteiger partial charge in [-0.25, -0.2) is 0 Å². The Morgan fingerprint density at radius 3 is 0.857 bits per heavy atom. The van der Waals surface area contributed by atoms with Crippen LogP contribution in [0.5, 0.6) is 0 Å². The predicted octanol–water partition coefficient (Wildman–Crippen LogP) is 4.55. The van der Waals surface area contributed by atoms with E-state index in [1.165, 1.54) is 51.4 Å². The Bertz CT molecular complexity index is 64.7. The minimum absolute atomic E-state index is 0. The molecule has 0 heterocycles. The van der Waals surface area contributed by atoms with Gasteiger partial charge in [0.2, 0.25) is 0 Å². The summed E-state index contributed by atoms with van der Waals surface area (Å²) in [4.78, 5) is 0. The third kappa shape index (κ3) is 19.0. The second kappa shape index (κ2) is 19.9. The summed E-state index contributed by atoms with van der Waals surface area (Å²) in [7, 11) is 0. The Hall–Kier alpha value is 1.38. The molecule has 14 heavy (non-hydrogen) atoms. The van der Waals surface area contributed by atoms with Crippen LogP contribution in [0.4, 0.5) is 0 Å². The molecule has 0 aliphatic heterocycles. The third-order valence-corrected chi connectivity index (χ3v) is 2.25. The first-order valence-corrected chi connectivity index (χ1v) is 5.50. The number of hydrogen-bond donors (Lipinski definition) is 0. The van der Waals surface area contributed by atoms with Crippen molar-refractivity contribution in [1.29, 1.82) is 0 Å². The third-order valence-electron chi connectivity index (χ3n) is 2.25. The minimum atomic E-state index is 0. The van der Waals surface area contributed by atoms with Crippen LogP contribution in [-0.2, 0) is 42.1 Å². The van der Waals surface area contributed by atoms with Gasteiger partial charge in [0.15, 0.2) is 0 Å². The molecule has 0 N–H and O–H groups in total. The zero-order valence-corrected chi connectivity index (χ0v) is 15.2. The topological polar surface area (TPSA) is 0 Å². The van der Waals surface area contributed by atoms with Crippen molar-refractivity contribution in [1.82, 2.24) is 0 Å². The van der Waals surface area contributed by atoms with Crippen LogP contribution in [0.15, 0.2) is 0 Å². The van der Waals surface area contributed by atoms with Gasteiger partial charge in [-0.3, -0.25) is 0 Å². The summed E-state index contributed by atoms with van der Waals surface area (Å²) in [5, 5.41) is 0. The molecule has 0 aromatic heterocycles. The van der Waals surface area contributed by atoms with Gasteiger partial charge in [-0.05, 0) is 0 Å². The Morgan fingerprint density at radius 2 is 0.643 bits per heavy atom. The van der Waals surface area contributed by atoms with Crippen LogP contribution in [0.25, 0.3) is 0 Å². The molecule has 0 aliphatic rings. The first-order valence-electron chi connectivity index (χ1n) is 5.50. The van der Waals surface area contributed by atoms with Gasteiger partial charge in [0.25, 0.3) is 0 Å². The van der Waals surface area contributed by atoms with E-state index in [0.29, 0.717) is 0 Å². The van der Waals surface area contributed by atoms with Crippen molar-refractivity contribution in [3.63, 3.8) is 0 Å². The molecular formula is C12H24W2-2. The van der Waals surface area contributed by atoms with Gasteiger partial charge in [-0.15, -0.1) is 0 Å². The van der Waals surface area contributed by atoms with Crippen molar-refractivity contribution in [2.24, 2.45) is 0 Å². The normalized spacial score (nSPS) is 9.00. The number of hydrogen-bond acceptors (Lipinski definition) is 0. The Labute approximate surface area is 120 Å². The summed E-state index contributed by atoms with van der Waals surface area (Å²) in [6.07, 6.45) is 13.3. The van der Waals surface area contributed by atoms with Crippen molar-refractivity contribution in [2.75, 3.05) is 0 Å². The van der Waals surface area contributed by atoms with Crippen molar-refractivity contribution >= 4 is 0 Å². The van der Waals surface area contributed by atoms with Gasteiger partial charge < -0.3 is 13.8 Å². The van der Waals surface area contributed by atoms with Gasteiger partial charge in [0, 0.05) is 42.1 Å². The quantitative estimate of drug-likeness (QED) is 0.300. The van der Waals surface area contributed by atoms with Crippen LogP contribution in [0.3, 0.4) is 0 Å². The van der Waals surface area contributed by atoms with E-state index in [4.69, 9.17) is 0 Å². The number of unbranched alkanes of at least 4 members (excludes halogenated alkanes) is 9. The molecule has 0 aromatic carbocycles. The van der Waals surface area contributed by atoms with Crippen LogP contribution < -0.4 is 0 Å². The molecule has 0 unspecified atom stereocenters. The molecular weight excluding hydrogens is 512 g/mol. The fourth-order valence-electron chi connectivity index (χ4n) is 1.41. The molecule has 0 aliphatic carbocycles. The van der Waals surface area contributed by atoms with Gasteiger partial charge in [0.05, 0.1) is 0 Å². The molecule has 0 nitrogen and oxygen atoms in total. The zero-order valence-electron chi connectivity index (χ0n) is 9.30. The smallest absolute Gasteiger partial charge is 0 e. The van der Waals surface area contributed by atoms with Crippen LogP contribution in [-0.4, -0.2) is 0 Å². The molecule has 0 atom stereocenters. The van der Waals surface area contributed by atoms with E-state index >= 15 is 0 Å². The first-order chi connectivity index (χ1) is 5.91. The molecule has 0 rings (SSSR count).